The van der Waals surface area contributed by atoms with Crippen molar-refractivity contribution in [1.82, 2.24) is 20.2 Å². The van der Waals surface area contributed by atoms with Gasteiger partial charge in [0.05, 0.1) is 20.8 Å². The fourth-order valence-corrected chi connectivity index (χ4v) is 2.92. The van der Waals surface area contributed by atoms with Crippen molar-refractivity contribution in [2.24, 2.45) is 0 Å². The highest BCUT2D eigenvalue weighted by molar-refractivity contribution is 5.75. The molecule has 0 aliphatic carbocycles. The van der Waals surface area contributed by atoms with Gasteiger partial charge in [0.2, 0.25) is 5.82 Å². The Morgan fingerprint density at radius 3 is 2.52 bits per heavy atom. The topological polar surface area (TPSA) is 109 Å². The number of aliphatic hydroxyl groups is 1. The number of rotatable bonds is 11. The van der Waals surface area contributed by atoms with Crippen LogP contribution < -0.4 is 14.2 Å². The van der Waals surface area contributed by atoms with E-state index in [1.165, 1.54) is 4.80 Å². The van der Waals surface area contributed by atoms with E-state index in [0.717, 1.165) is 11.1 Å². The Bertz CT molecular complexity index is 1000. The zero-order chi connectivity index (χ0) is 22.2. The predicted molar refractivity (Wildman–Crippen MR) is 113 cm³/mol. The molecule has 1 N–H and O–H groups in total. The lowest BCUT2D eigenvalue weighted by Crippen LogP contribution is -2.25. The van der Waals surface area contributed by atoms with Crippen LogP contribution in [0.25, 0.3) is 11.4 Å². The van der Waals surface area contributed by atoms with Crippen molar-refractivity contribution in [3.8, 4) is 28.6 Å². The number of ether oxygens (including phenoxy) is 3. The monoisotopic (exact) mass is 426 g/mol. The molecule has 1 atom stereocenters. The van der Waals surface area contributed by atoms with E-state index in [4.69, 9.17) is 14.2 Å². The molecule has 0 fully saturated rings. The average molecular weight is 426 g/mol. The molecule has 9 heteroatoms. The molecular formula is C22H26N4O5. The number of nitrogens with zero attached hydrogens (tertiary/aromatic N) is 4. The van der Waals surface area contributed by atoms with E-state index in [1.54, 1.807) is 33.3 Å². The van der Waals surface area contributed by atoms with Crippen LogP contribution in [0.5, 0.6) is 17.2 Å². The maximum atomic E-state index is 11.1. The van der Waals surface area contributed by atoms with Gasteiger partial charge in [-0.3, -0.25) is 0 Å². The molecule has 2 aromatic carbocycles. The van der Waals surface area contributed by atoms with Crippen LogP contribution >= 0.6 is 0 Å². The van der Waals surface area contributed by atoms with Crippen molar-refractivity contribution in [1.29, 1.82) is 0 Å². The minimum Gasteiger partial charge on any atom is -0.493 e. The van der Waals surface area contributed by atoms with Gasteiger partial charge in [0, 0.05) is 12.0 Å². The number of hydrogen-bond donors (Lipinski definition) is 1. The van der Waals surface area contributed by atoms with E-state index >= 15 is 0 Å². The Kier molecular flexibility index (Phi) is 7.55. The lowest BCUT2D eigenvalue weighted by molar-refractivity contribution is -0.116. The fourth-order valence-electron chi connectivity index (χ4n) is 2.92. The number of carbonyl (C=O) groups is 1. The zero-order valence-electron chi connectivity index (χ0n) is 17.8. The second kappa shape index (κ2) is 10.5. The zero-order valence-corrected chi connectivity index (χ0v) is 17.8. The molecule has 1 aromatic heterocycles. The van der Waals surface area contributed by atoms with Crippen LogP contribution in [0.3, 0.4) is 0 Å². The highest BCUT2D eigenvalue weighted by atomic mass is 16.5. The fraction of sp³-hybridized carbons (Fsp3) is 0.364. The molecule has 3 aromatic rings. The van der Waals surface area contributed by atoms with Gasteiger partial charge in [0.1, 0.15) is 24.2 Å². The molecule has 3 rings (SSSR count). The Balaban J connectivity index is 1.53. The number of aromatic nitrogens is 4. The molecule has 0 aliphatic heterocycles. The number of aliphatic hydroxyl groups excluding tert-OH is 1. The Hall–Kier alpha value is -3.46. The molecule has 1 unspecified atom stereocenters. The normalized spacial score (nSPS) is 11.7. The number of hydrogen-bond acceptors (Lipinski definition) is 8. The third-order valence-electron chi connectivity index (χ3n) is 4.60. The quantitative estimate of drug-likeness (QED) is 0.498. The molecule has 0 saturated carbocycles. The van der Waals surface area contributed by atoms with Gasteiger partial charge in [-0.05, 0) is 54.5 Å². The number of tetrazole rings is 1. The third-order valence-corrected chi connectivity index (χ3v) is 4.60. The molecular weight excluding hydrogens is 400 g/mol. The predicted octanol–water partition coefficient (Wildman–Crippen LogP) is 2.32. The Morgan fingerprint density at radius 2 is 1.84 bits per heavy atom. The number of aryl methyl sites for hydroxylation is 1. The van der Waals surface area contributed by atoms with Gasteiger partial charge in [0.15, 0.2) is 11.5 Å². The molecule has 1 heterocycles. The maximum absolute atomic E-state index is 11.1. The molecule has 31 heavy (non-hydrogen) atoms. The summed E-state index contributed by atoms with van der Waals surface area (Å²) in [6.07, 6.45) is 0.415. The highest BCUT2D eigenvalue weighted by Crippen LogP contribution is 2.30. The molecule has 0 aliphatic rings. The summed E-state index contributed by atoms with van der Waals surface area (Å²) < 4.78 is 16.2. The van der Waals surface area contributed by atoms with Crippen molar-refractivity contribution in [2.45, 2.75) is 32.4 Å². The molecule has 9 nitrogen and oxygen atoms in total. The molecule has 0 spiro atoms. The molecule has 164 valence electrons. The minimum atomic E-state index is -0.815. The minimum absolute atomic E-state index is 0.0834. The van der Waals surface area contributed by atoms with Crippen LogP contribution in [0.2, 0.25) is 0 Å². The largest absolute Gasteiger partial charge is 0.493 e. The number of carbonyl (C=O) groups excluding carboxylic acids is 1. The van der Waals surface area contributed by atoms with Crippen LogP contribution in [0.4, 0.5) is 0 Å². The van der Waals surface area contributed by atoms with Crippen LogP contribution in [0.15, 0.2) is 42.5 Å². The summed E-state index contributed by atoms with van der Waals surface area (Å²) in [4.78, 5) is 12.4. The smallest absolute Gasteiger partial charge is 0.205 e. The standard InChI is InChI=1S/C22H26N4O5/c1-15(27)4-5-16-6-9-19(10-7-16)31-14-18(28)13-26-24-22(23-25-26)17-8-11-20(29-2)21(12-17)30-3/h6-12,18,28H,4-5,13-14H2,1-3H3. The van der Waals surface area contributed by atoms with Crippen molar-refractivity contribution >= 4 is 5.78 Å². The molecule has 0 amide bonds. The second-order valence-corrected chi connectivity index (χ2v) is 7.05. The van der Waals surface area contributed by atoms with Crippen molar-refractivity contribution in [3.63, 3.8) is 0 Å². The van der Waals surface area contributed by atoms with E-state index in [9.17, 15) is 9.90 Å². The van der Waals surface area contributed by atoms with Crippen molar-refractivity contribution in [2.75, 3.05) is 20.8 Å². The van der Waals surface area contributed by atoms with Crippen molar-refractivity contribution < 1.29 is 24.1 Å². The lowest BCUT2D eigenvalue weighted by Gasteiger charge is -2.12. The highest BCUT2D eigenvalue weighted by Gasteiger charge is 2.13. The van der Waals surface area contributed by atoms with E-state index in [-0.39, 0.29) is 18.9 Å². The van der Waals surface area contributed by atoms with Gasteiger partial charge in [0.25, 0.3) is 0 Å². The maximum Gasteiger partial charge on any atom is 0.205 e. The second-order valence-electron chi connectivity index (χ2n) is 7.05. The van der Waals surface area contributed by atoms with Crippen LogP contribution in [-0.2, 0) is 17.8 Å². The number of methoxy groups -OCH3 is 2. The SMILES string of the molecule is COc1ccc(-c2nnn(CC(O)COc3ccc(CCC(C)=O)cc3)n2)cc1OC. The van der Waals surface area contributed by atoms with E-state index < -0.39 is 6.10 Å². The van der Waals surface area contributed by atoms with Crippen LogP contribution in [-0.4, -0.2) is 58.0 Å². The first-order valence-corrected chi connectivity index (χ1v) is 9.88. The van der Waals surface area contributed by atoms with Gasteiger partial charge in [-0.15, -0.1) is 10.2 Å². The van der Waals surface area contributed by atoms with E-state index in [2.05, 4.69) is 15.4 Å². The third kappa shape index (κ3) is 6.26. The summed E-state index contributed by atoms with van der Waals surface area (Å²) >= 11 is 0. The first-order chi connectivity index (χ1) is 15.0. The first-order valence-electron chi connectivity index (χ1n) is 9.88. The number of benzene rings is 2. The summed E-state index contributed by atoms with van der Waals surface area (Å²) in [5.74, 6) is 2.40. The summed E-state index contributed by atoms with van der Waals surface area (Å²) in [6.45, 7) is 1.80. The average Bonchev–Trinajstić information content (AvgIpc) is 3.24. The van der Waals surface area contributed by atoms with E-state index in [0.29, 0.717) is 35.9 Å². The van der Waals surface area contributed by atoms with Gasteiger partial charge in [-0.1, -0.05) is 12.1 Å². The van der Waals surface area contributed by atoms with Gasteiger partial charge >= 0.3 is 0 Å². The molecule has 0 saturated heterocycles. The van der Waals surface area contributed by atoms with Crippen LogP contribution in [0, 0.1) is 0 Å². The van der Waals surface area contributed by atoms with Crippen LogP contribution in [0.1, 0.15) is 18.9 Å². The van der Waals surface area contributed by atoms with Gasteiger partial charge in [-0.25, -0.2) is 0 Å². The van der Waals surface area contributed by atoms with Crippen molar-refractivity contribution in [3.05, 3.63) is 48.0 Å². The molecule has 0 radical (unpaired) electrons. The summed E-state index contributed by atoms with van der Waals surface area (Å²) in [5, 5.41) is 22.6. The summed E-state index contributed by atoms with van der Waals surface area (Å²) in [5.41, 5.74) is 1.79. The van der Waals surface area contributed by atoms with E-state index in [1.807, 2.05) is 30.3 Å². The Morgan fingerprint density at radius 1 is 1.10 bits per heavy atom. The first kappa shape index (κ1) is 22.2. The summed E-state index contributed by atoms with van der Waals surface area (Å²) in [6, 6.07) is 12.8. The van der Waals surface area contributed by atoms with Gasteiger partial charge in [-0.2, -0.15) is 4.80 Å². The number of ketones is 1. The lowest BCUT2D eigenvalue weighted by atomic mass is 10.1. The molecule has 0 bridgehead atoms. The summed E-state index contributed by atoms with van der Waals surface area (Å²) in [7, 11) is 3.13. The number of Topliss-reactive ketones (excluding diaryl/α,β-unsaturated/α-hetero) is 1. The Labute approximate surface area is 180 Å². The van der Waals surface area contributed by atoms with Gasteiger partial charge < -0.3 is 24.1 Å².